The third-order valence-electron chi connectivity index (χ3n) is 3.54. The molecule has 2 aliphatic rings. The number of phosphoric acid groups is 2. The van der Waals surface area contributed by atoms with Gasteiger partial charge in [0.1, 0.15) is 12.2 Å². The van der Waals surface area contributed by atoms with Gasteiger partial charge in [0.2, 0.25) is 23.8 Å². The fraction of sp³-hybridized carbons (Fsp3) is 0.667. The van der Waals surface area contributed by atoms with Crippen LogP contribution in [0.5, 0.6) is 0 Å². The Morgan fingerprint density at radius 3 is 1.27 bits per heavy atom. The maximum absolute atomic E-state index is 11.3. The maximum atomic E-state index is 11.3. The molecule has 0 aromatic carbocycles. The number of hydrogen-bond donors (Lipinski definition) is 6. The van der Waals surface area contributed by atoms with Gasteiger partial charge in [0, 0.05) is 0 Å². The van der Waals surface area contributed by atoms with E-state index in [4.69, 9.17) is 30.2 Å². The zero-order valence-electron chi connectivity index (χ0n) is 16.1. The summed E-state index contributed by atoms with van der Waals surface area (Å²) >= 11 is 0. The molecule has 0 spiro atoms. The monoisotopic (exact) mass is 550 g/mol. The number of carbonyl (C=O) groups is 4. The van der Waals surface area contributed by atoms with Crippen molar-refractivity contribution in [3.63, 3.8) is 0 Å². The summed E-state index contributed by atoms with van der Waals surface area (Å²) in [4.78, 5) is 81.7. The molecule has 18 nitrogen and oxygen atoms in total. The van der Waals surface area contributed by atoms with Gasteiger partial charge in [-0.05, 0) is 0 Å². The number of hydrogen-bond acceptors (Lipinski definition) is 16. The minimum Gasteiger partial charge on any atom is -0.756 e. The Labute approximate surface area is 212 Å². The Balaban J connectivity index is 0.000000602. The number of ether oxygens (including phenoxy) is 2. The van der Waals surface area contributed by atoms with E-state index in [0.29, 0.717) is 0 Å². The Bertz CT molecular complexity index is 766. The Kier molecular flexibility index (Phi) is 12.9. The summed E-state index contributed by atoms with van der Waals surface area (Å²) in [5.74, 6) is -5.08. The fourth-order valence-corrected chi connectivity index (χ4v) is 3.12. The number of phosphoric ester groups is 2. The third-order valence-corrected chi connectivity index (χ3v) is 4.50. The van der Waals surface area contributed by atoms with Crippen molar-refractivity contribution in [3.05, 3.63) is 0 Å². The van der Waals surface area contributed by atoms with Crippen molar-refractivity contribution in [1.29, 1.82) is 0 Å². The molecule has 0 aromatic rings. The molecule has 0 amide bonds. The van der Waals surface area contributed by atoms with E-state index >= 15 is 0 Å². The van der Waals surface area contributed by atoms with Crippen LogP contribution in [0, 0.1) is 0 Å². The van der Waals surface area contributed by atoms with Gasteiger partial charge in [0.15, 0.2) is 12.2 Å². The molecule has 184 valence electrons. The van der Waals surface area contributed by atoms with Crippen LogP contribution in [0.25, 0.3) is 0 Å². The molecule has 2 saturated heterocycles. The van der Waals surface area contributed by atoms with Crippen LogP contribution in [0.15, 0.2) is 0 Å². The van der Waals surface area contributed by atoms with E-state index in [1.165, 1.54) is 0 Å². The number of aliphatic hydroxyl groups is 4. The van der Waals surface area contributed by atoms with Gasteiger partial charge in [-0.15, -0.1) is 0 Å². The Morgan fingerprint density at radius 2 is 1.06 bits per heavy atom. The van der Waals surface area contributed by atoms with E-state index in [9.17, 15) is 38.1 Å². The van der Waals surface area contributed by atoms with Crippen LogP contribution in [-0.2, 0) is 46.8 Å². The van der Waals surface area contributed by atoms with Gasteiger partial charge < -0.3 is 49.5 Å². The van der Waals surface area contributed by atoms with Crippen molar-refractivity contribution >= 4 is 76.9 Å². The first-order valence-corrected chi connectivity index (χ1v) is 11.0. The van der Waals surface area contributed by atoms with Crippen molar-refractivity contribution in [2.45, 2.75) is 36.6 Å². The first kappa shape index (κ1) is 32.6. The normalized spacial score (nSPS) is 30.1. The minimum atomic E-state index is -5.27. The van der Waals surface area contributed by atoms with E-state index in [-0.39, 0.29) is 37.7 Å². The van der Waals surface area contributed by atoms with Crippen LogP contribution < -0.4 is 9.79 Å². The summed E-state index contributed by atoms with van der Waals surface area (Å²) in [6.07, 6.45) is -11.0. The predicted molar refractivity (Wildman–Crippen MR) is 91.1 cm³/mol. The van der Waals surface area contributed by atoms with Crippen LogP contribution in [-0.4, -0.2) is 141 Å². The minimum absolute atomic E-state index is 0. The van der Waals surface area contributed by atoms with Crippen LogP contribution >= 0.6 is 15.6 Å². The summed E-state index contributed by atoms with van der Waals surface area (Å²) in [5.41, 5.74) is 0. The summed E-state index contributed by atoms with van der Waals surface area (Å²) < 4.78 is 36.8. The molecule has 33 heavy (non-hydrogen) atoms. The number of carbonyl (C=O) groups excluding carboxylic acids is 4. The van der Waals surface area contributed by atoms with Gasteiger partial charge in [0.25, 0.3) is 15.6 Å². The first-order chi connectivity index (χ1) is 14.5. The molecule has 0 radical (unpaired) electrons. The molecule has 0 aliphatic carbocycles. The van der Waals surface area contributed by atoms with Crippen LogP contribution in [0.3, 0.4) is 0 Å². The molecule has 0 aromatic heterocycles. The van der Waals surface area contributed by atoms with Gasteiger partial charge in [0.05, 0.1) is 13.2 Å². The second-order valence-electron chi connectivity index (χ2n) is 5.93. The zero-order chi connectivity index (χ0) is 25.0. The summed E-state index contributed by atoms with van der Waals surface area (Å²) in [5, 5.41) is 35.1. The molecular weight excluding hydrogens is 534 g/mol. The number of aliphatic hydroxyl groups excluding tert-OH is 4. The van der Waals surface area contributed by atoms with Crippen molar-refractivity contribution in [2.24, 2.45) is 0 Å². The Hall–Kier alpha value is -0.400. The fourth-order valence-electron chi connectivity index (χ4n) is 2.20. The predicted octanol–water partition coefficient (Wildman–Crippen LogP) is -7.02. The molecule has 0 bridgehead atoms. The molecule has 2 aliphatic heterocycles. The van der Waals surface area contributed by atoms with E-state index in [0.717, 1.165) is 0 Å². The standard InChI is InChI=1S/2C6H9O9P.Ca/c2*7-1-2(8)4-3(9)5(6(10)14-4)15-16(11,12)13;/h2*2,4-5,7-8H,1H2,(H2,11,12,13);/q;;+2/p-2/t2*2-,4-,5?;/m11./s1. The largest absolute Gasteiger partial charge is 2.00 e. The average Bonchev–Trinajstić information content (AvgIpc) is 3.10. The maximum Gasteiger partial charge on any atom is 2.00 e. The summed E-state index contributed by atoms with van der Waals surface area (Å²) in [7, 11) is -10.5. The van der Waals surface area contributed by atoms with Gasteiger partial charge in [-0.3, -0.25) is 27.8 Å². The zero-order valence-corrected chi connectivity index (χ0v) is 20.1. The number of Topliss-reactive ketones (excluding diaryl/α,β-unsaturated/α-hetero) is 2. The molecule has 6 N–H and O–H groups in total. The average molecular weight is 550 g/mol. The molecule has 2 rings (SSSR count). The molecule has 21 heteroatoms. The van der Waals surface area contributed by atoms with Gasteiger partial charge in [-0.2, -0.15) is 0 Å². The van der Waals surface area contributed by atoms with Crippen molar-refractivity contribution in [2.75, 3.05) is 13.2 Å². The number of cyclic esters (lactones) is 2. The summed E-state index contributed by atoms with van der Waals surface area (Å²) in [6.45, 7) is -1.71. The van der Waals surface area contributed by atoms with Crippen LogP contribution in [0.4, 0.5) is 0 Å². The van der Waals surface area contributed by atoms with Gasteiger partial charge in [-0.1, -0.05) is 0 Å². The van der Waals surface area contributed by atoms with Gasteiger partial charge in [-0.25, -0.2) is 9.59 Å². The van der Waals surface area contributed by atoms with Crippen LogP contribution in [0.1, 0.15) is 0 Å². The topological polar surface area (TPSA) is 307 Å². The molecular formula is C12H16CaO18P2. The number of esters is 2. The molecule has 2 heterocycles. The first-order valence-electron chi connectivity index (χ1n) is 8.03. The quantitative estimate of drug-likeness (QED) is 0.0707. The van der Waals surface area contributed by atoms with E-state index < -0.39 is 89.0 Å². The second-order valence-corrected chi connectivity index (χ2v) is 8.22. The van der Waals surface area contributed by atoms with Crippen molar-refractivity contribution in [3.8, 4) is 0 Å². The summed E-state index contributed by atoms with van der Waals surface area (Å²) in [6, 6.07) is 0. The van der Waals surface area contributed by atoms with Gasteiger partial charge >= 0.3 is 49.7 Å². The molecule has 2 fully saturated rings. The second kappa shape index (κ2) is 13.1. The number of rotatable bonds is 8. The smallest absolute Gasteiger partial charge is 0.756 e. The SMILES string of the molecule is O=C1O[C@H]([C@H](O)CO)C(=O)C1OP(=O)([O-])O.O=C1O[C@H]([C@H](O)CO)C(=O)C1OP(=O)([O-])O.[Ca+2]. The van der Waals surface area contributed by atoms with Crippen LogP contribution in [0.2, 0.25) is 0 Å². The van der Waals surface area contributed by atoms with E-state index in [2.05, 4.69) is 18.5 Å². The molecule has 4 unspecified atom stereocenters. The molecule has 8 atom stereocenters. The number of ketones is 2. The van der Waals surface area contributed by atoms with E-state index in [1.54, 1.807) is 0 Å². The van der Waals surface area contributed by atoms with Crippen molar-refractivity contribution in [1.82, 2.24) is 0 Å². The Morgan fingerprint density at radius 1 is 0.788 bits per heavy atom. The van der Waals surface area contributed by atoms with E-state index in [1.807, 2.05) is 0 Å². The van der Waals surface area contributed by atoms with Crippen molar-refractivity contribution < 1.29 is 86.8 Å². The molecule has 0 saturated carbocycles. The third kappa shape index (κ3) is 9.64.